The minimum atomic E-state index is -0.397. The molecule has 1 aromatic heterocycles. The van der Waals surface area contributed by atoms with Crippen LogP contribution in [-0.4, -0.2) is 11.6 Å². The van der Waals surface area contributed by atoms with E-state index in [1.165, 1.54) is 35.6 Å². The van der Waals surface area contributed by atoms with Crippen molar-refractivity contribution in [2.24, 2.45) is 0 Å². The summed E-state index contributed by atoms with van der Waals surface area (Å²) < 4.78 is 12.7. The summed E-state index contributed by atoms with van der Waals surface area (Å²) in [6, 6.07) is 8.65. The maximum absolute atomic E-state index is 12.7. The molecule has 2 nitrogen and oxygen atoms in total. The van der Waals surface area contributed by atoms with Crippen LogP contribution in [0.15, 0.2) is 41.8 Å². The Morgan fingerprint density at radius 3 is 2.28 bits per heavy atom. The fraction of sp³-hybridized carbons (Fsp3) is 0.0769. The second-order valence-electron chi connectivity index (χ2n) is 3.51. The Kier molecular flexibility index (Phi) is 6.49. The maximum Gasteiger partial charge on any atom is 0.180 e. The van der Waals surface area contributed by atoms with E-state index in [1.807, 2.05) is 0 Å². The quantitative estimate of drug-likeness (QED) is 0.583. The SMILES string of the molecule is O=C(CC(=O)c1cccs1)c1ccc(F)cc1.[Eu]. The fourth-order valence-electron chi connectivity index (χ4n) is 1.41. The number of Topliss-reactive ketones (excluding diaryl/α,β-unsaturated/α-hetero) is 2. The predicted molar refractivity (Wildman–Crippen MR) is 64.0 cm³/mol. The molecule has 2 aromatic rings. The fourth-order valence-corrected chi connectivity index (χ4v) is 2.07. The second-order valence-corrected chi connectivity index (χ2v) is 4.46. The third kappa shape index (κ3) is 4.16. The summed E-state index contributed by atoms with van der Waals surface area (Å²) in [5.41, 5.74) is 0.358. The van der Waals surface area contributed by atoms with Crippen LogP contribution in [0.4, 0.5) is 4.39 Å². The molecule has 0 fully saturated rings. The Morgan fingerprint density at radius 2 is 1.72 bits per heavy atom. The van der Waals surface area contributed by atoms with Gasteiger partial charge in [-0.1, -0.05) is 6.07 Å². The molecule has 0 spiro atoms. The summed E-state index contributed by atoms with van der Waals surface area (Å²) in [4.78, 5) is 24.0. The zero-order valence-corrected chi connectivity index (χ0v) is 12.5. The summed E-state index contributed by atoms with van der Waals surface area (Å²) in [6.45, 7) is 0. The summed E-state index contributed by atoms with van der Waals surface area (Å²) >= 11 is 1.31. The standard InChI is InChI=1S/C13H9FO2S.Eu/c14-10-5-3-9(4-6-10)11(15)8-12(16)13-2-1-7-17-13;/h1-7H,8H2;. The van der Waals surface area contributed by atoms with E-state index in [0.29, 0.717) is 10.4 Å². The molecule has 0 atom stereocenters. The van der Waals surface area contributed by atoms with Crippen molar-refractivity contribution in [2.45, 2.75) is 6.42 Å². The first kappa shape index (κ1) is 15.8. The molecular weight excluding hydrogens is 391 g/mol. The van der Waals surface area contributed by atoms with Gasteiger partial charge in [-0.25, -0.2) is 4.39 Å². The van der Waals surface area contributed by atoms with Crippen LogP contribution in [0.3, 0.4) is 0 Å². The van der Waals surface area contributed by atoms with Crippen LogP contribution >= 0.6 is 11.3 Å². The molecule has 5 heteroatoms. The number of carbonyl (C=O) groups is 2. The van der Waals surface area contributed by atoms with Crippen LogP contribution in [-0.2, 0) is 0 Å². The van der Waals surface area contributed by atoms with Gasteiger partial charge in [0.2, 0.25) is 0 Å². The van der Waals surface area contributed by atoms with Crippen molar-refractivity contribution >= 4 is 22.9 Å². The third-order valence-corrected chi connectivity index (χ3v) is 3.19. The van der Waals surface area contributed by atoms with Gasteiger partial charge in [-0.15, -0.1) is 11.3 Å². The Bertz CT molecular complexity index is 535. The van der Waals surface area contributed by atoms with Crippen LogP contribution < -0.4 is 0 Å². The number of ketones is 2. The molecule has 0 N–H and O–H groups in total. The van der Waals surface area contributed by atoms with Crippen LogP contribution in [0.25, 0.3) is 0 Å². The van der Waals surface area contributed by atoms with E-state index in [2.05, 4.69) is 0 Å². The van der Waals surface area contributed by atoms with Crippen LogP contribution in [0.2, 0.25) is 0 Å². The minimum absolute atomic E-state index is 0. The number of carbonyl (C=O) groups excluding carboxylic acids is 2. The average Bonchev–Trinajstić information content (AvgIpc) is 2.83. The van der Waals surface area contributed by atoms with Gasteiger partial charge in [0, 0.05) is 54.9 Å². The zero-order valence-electron chi connectivity index (χ0n) is 9.23. The van der Waals surface area contributed by atoms with Crippen LogP contribution in [0, 0.1) is 55.2 Å². The largest absolute Gasteiger partial charge is 0.294 e. The third-order valence-electron chi connectivity index (χ3n) is 2.28. The number of thiophene rings is 1. The van der Waals surface area contributed by atoms with Gasteiger partial charge < -0.3 is 0 Å². The summed E-state index contributed by atoms with van der Waals surface area (Å²) in [6.07, 6.45) is -0.174. The van der Waals surface area contributed by atoms with Gasteiger partial charge >= 0.3 is 0 Å². The van der Waals surface area contributed by atoms with Gasteiger partial charge in [-0.3, -0.25) is 9.59 Å². The summed E-state index contributed by atoms with van der Waals surface area (Å²) in [5.74, 6) is -0.885. The predicted octanol–water partition coefficient (Wildman–Crippen LogP) is 3.34. The normalized spacial score (nSPS) is 9.61. The molecule has 0 aliphatic carbocycles. The Morgan fingerprint density at radius 1 is 1.06 bits per heavy atom. The van der Waals surface area contributed by atoms with Crippen molar-refractivity contribution in [1.82, 2.24) is 0 Å². The first-order chi connectivity index (χ1) is 8.16. The number of hydrogen-bond acceptors (Lipinski definition) is 3. The second kappa shape index (κ2) is 7.38. The van der Waals surface area contributed by atoms with Crippen molar-refractivity contribution in [3.05, 3.63) is 58.0 Å². The molecule has 2 rings (SSSR count). The molecule has 0 saturated carbocycles. The summed E-state index contributed by atoms with van der Waals surface area (Å²) in [5, 5.41) is 1.79. The molecule has 0 saturated heterocycles. The number of halogens is 1. The average molecular weight is 400 g/mol. The van der Waals surface area contributed by atoms with Crippen LogP contribution in [0.1, 0.15) is 26.5 Å². The summed E-state index contributed by atoms with van der Waals surface area (Å²) in [7, 11) is 0. The molecule has 0 aliphatic heterocycles. The van der Waals surface area contributed by atoms with Gasteiger partial charge in [0.25, 0.3) is 0 Å². The molecule has 18 heavy (non-hydrogen) atoms. The molecule has 0 bridgehead atoms. The van der Waals surface area contributed by atoms with Crippen molar-refractivity contribution in [3.63, 3.8) is 0 Å². The molecule has 1 aromatic carbocycles. The van der Waals surface area contributed by atoms with Crippen molar-refractivity contribution in [1.29, 1.82) is 0 Å². The topological polar surface area (TPSA) is 34.1 Å². The Hall–Kier alpha value is -0.226. The van der Waals surface area contributed by atoms with E-state index in [1.54, 1.807) is 17.5 Å². The van der Waals surface area contributed by atoms with Crippen molar-refractivity contribution in [3.8, 4) is 0 Å². The van der Waals surface area contributed by atoms with E-state index >= 15 is 0 Å². The van der Waals surface area contributed by atoms with E-state index in [4.69, 9.17) is 0 Å². The minimum Gasteiger partial charge on any atom is -0.294 e. The van der Waals surface area contributed by atoms with Crippen molar-refractivity contribution in [2.75, 3.05) is 0 Å². The molecular formula is C13H9EuFO2S. The zero-order chi connectivity index (χ0) is 12.3. The first-order valence-electron chi connectivity index (χ1n) is 5.02. The van der Waals surface area contributed by atoms with Gasteiger partial charge in [-0.05, 0) is 35.7 Å². The van der Waals surface area contributed by atoms with Crippen molar-refractivity contribution < 1.29 is 63.4 Å². The first-order valence-corrected chi connectivity index (χ1v) is 5.90. The number of rotatable bonds is 4. The molecule has 0 amide bonds. The molecule has 93 valence electrons. The molecule has 1 radical (unpaired) electrons. The molecule has 0 unspecified atom stereocenters. The van der Waals surface area contributed by atoms with E-state index in [0.717, 1.165) is 0 Å². The molecule has 0 aliphatic rings. The van der Waals surface area contributed by atoms with Gasteiger partial charge in [0.05, 0.1) is 11.3 Å². The van der Waals surface area contributed by atoms with Gasteiger partial charge in [0.15, 0.2) is 11.6 Å². The van der Waals surface area contributed by atoms with E-state index in [9.17, 15) is 14.0 Å². The van der Waals surface area contributed by atoms with Crippen LogP contribution in [0.5, 0.6) is 0 Å². The smallest absolute Gasteiger partial charge is 0.180 e. The van der Waals surface area contributed by atoms with Gasteiger partial charge in [-0.2, -0.15) is 0 Å². The number of benzene rings is 1. The Labute approximate surface area is 149 Å². The monoisotopic (exact) mass is 401 g/mol. The van der Waals surface area contributed by atoms with E-state index in [-0.39, 0.29) is 67.4 Å². The number of hydrogen-bond donors (Lipinski definition) is 0. The van der Waals surface area contributed by atoms with E-state index < -0.39 is 5.82 Å². The van der Waals surface area contributed by atoms with Gasteiger partial charge in [0.1, 0.15) is 5.82 Å². The Balaban J connectivity index is 0.00000162. The maximum atomic E-state index is 12.7. The molecule has 1 heterocycles.